The molecule has 2 N–H and O–H groups in total. The van der Waals surface area contributed by atoms with E-state index in [1.165, 1.54) is 0 Å². The van der Waals surface area contributed by atoms with Crippen LogP contribution in [0.1, 0.15) is 40.0 Å². The molecule has 0 aromatic rings. The number of esters is 1. The summed E-state index contributed by atoms with van der Waals surface area (Å²) in [6.45, 7) is 6.25. The molecule has 0 saturated heterocycles. The molecule has 0 radical (unpaired) electrons. The van der Waals surface area contributed by atoms with E-state index in [1.807, 2.05) is 13.8 Å². The Kier molecular flexibility index (Phi) is 5.14. The highest BCUT2D eigenvalue weighted by atomic mass is 16.5. The third-order valence-corrected chi connectivity index (χ3v) is 3.60. The lowest BCUT2D eigenvalue weighted by Gasteiger charge is -2.32. The van der Waals surface area contributed by atoms with Crippen molar-refractivity contribution in [3.8, 4) is 0 Å². The summed E-state index contributed by atoms with van der Waals surface area (Å²) in [6.07, 6.45) is 2.61. The maximum Gasteiger partial charge on any atom is 0.325 e. The Bertz CT molecular complexity index is 309. The Morgan fingerprint density at radius 1 is 1.39 bits per heavy atom. The fourth-order valence-corrected chi connectivity index (χ4v) is 1.83. The summed E-state index contributed by atoms with van der Waals surface area (Å²) in [7, 11) is 0. The van der Waals surface area contributed by atoms with Crippen molar-refractivity contribution in [1.82, 2.24) is 4.90 Å². The Morgan fingerprint density at radius 3 is 2.39 bits per heavy atom. The van der Waals surface area contributed by atoms with Crippen LogP contribution in [0.15, 0.2) is 0 Å². The molecule has 0 aliphatic heterocycles. The summed E-state index contributed by atoms with van der Waals surface area (Å²) in [5.41, 5.74) is 5.13. The van der Waals surface area contributed by atoms with Crippen LogP contribution in [0.2, 0.25) is 0 Å². The van der Waals surface area contributed by atoms with Crippen molar-refractivity contribution in [1.29, 1.82) is 0 Å². The van der Waals surface area contributed by atoms with Gasteiger partial charge in [0.2, 0.25) is 5.91 Å². The second-order valence-electron chi connectivity index (χ2n) is 5.09. The lowest BCUT2D eigenvalue weighted by molar-refractivity contribution is -0.153. The molecule has 18 heavy (non-hydrogen) atoms. The molecule has 1 saturated carbocycles. The van der Waals surface area contributed by atoms with Crippen molar-refractivity contribution in [3.05, 3.63) is 0 Å². The van der Waals surface area contributed by atoms with Crippen LogP contribution < -0.4 is 5.73 Å². The third kappa shape index (κ3) is 3.45. The molecule has 1 unspecified atom stereocenters. The van der Waals surface area contributed by atoms with Crippen LogP contribution >= 0.6 is 0 Å². The lowest BCUT2D eigenvalue weighted by Crippen LogP contribution is -2.49. The second-order valence-corrected chi connectivity index (χ2v) is 5.09. The Hall–Kier alpha value is -1.10. The van der Waals surface area contributed by atoms with Crippen molar-refractivity contribution >= 4 is 11.9 Å². The Morgan fingerprint density at radius 2 is 2.00 bits per heavy atom. The number of carbonyl (C=O) groups excluding carboxylic acids is 2. The van der Waals surface area contributed by atoms with Gasteiger partial charge in [-0.3, -0.25) is 9.59 Å². The van der Waals surface area contributed by atoms with Gasteiger partial charge in [-0.15, -0.1) is 0 Å². The lowest BCUT2D eigenvalue weighted by atomic mass is 9.86. The van der Waals surface area contributed by atoms with Crippen molar-refractivity contribution in [3.63, 3.8) is 0 Å². The number of hydrogen-bond acceptors (Lipinski definition) is 4. The maximum atomic E-state index is 12.5. The van der Waals surface area contributed by atoms with Crippen LogP contribution in [0.4, 0.5) is 0 Å². The standard InChI is InChI=1S/C13H24N2O3/c1-4-13(3,9-14)12(17)15(10-6-7-10)8-11(16)18-5-2/h10H,4-9,14H2,1-3H3. The van der Waals surface area contributed by atoms with Crippen molar-refractivity contribution in [2.24, 2.45) is 11.1 Å². The van der Waals surface area contributed by atoms with E-state index in [9.17, 15) is 9.59 Å². The molecule has 0 aromatic carbocycles. The smallest absolute Gasteiger partial charge is 0.325 e. The van der Waals surface area contributed by atoms with E-state index in [2.05, 4.69) is 0 Å². The predicted octanol–water partition coefficient (Wildman–Crippen LogP) is 0.915. The zero-order chi connectivity index (χ0) is 13.8. The first-order valence-corrected chi connectivity index (χ1v) is 6.65. The van der Waals surface area contributed by atoms with E-state index < -0.39 is 5.41 Å². The molecule has 1 amide bonds. The highest BCUT2D eigenvalue weighted by molar-refractivity contribution is 5.86. The van der Waals surface area contributed by atoms with Crippen LogP contribution in [0, 0.1) is 5.41 Å². The molecule has 1 aliphatic carbocycles. The van der Waals surface area contributed by atoms with Gasteiger partial charge in [0, 0.05) is 12.6 Å². The second kappa shape index (κ2) is 6.18. The minimum Gasteiger partial charge on any atom is -0.465 e. The van der Waals surface area contributed by atoms with Crippen LogP contribution in [0.3, 0.4) is 0 Å². The van der Waals surface area contributed by atoms with E-state index in [1.54, 1.807) is 11.8 Å². The molecule has 5 nitrogen and oxygen atoms in total. The van der Waals surface area contributed by atoms with Gasteiger partial charge in [0.15, 0.2) is 0 Å². The van der Waals surface area contributed by atoms with E-state index >= 15 is 0 Å². The monoisotopic (exact) mass is 256 g/mol. The number of carbonyl (C=O) groups is 2. The summed E-state index contributed by atoms with van der Waals surface area (Å²) < 4.78 is 4.92. The molecule has 0 heterocycles. The quantitative estimate of drug-likeness (QED) is 0.687. The number of amides is 1. The number of rotatable bonds is 7. The third-order valence-electron chi connectivity index (χ3n) is 3.60. The summed E-state index contributed by atoms with van der Waals surface area (Å²) >= 11 is 0. The highest BCUT2D eigenvalue weighted by Gasteiger charge is 2.41. The van der Waals surface area contributed by atoms with E-state index in [0.29, 0.717) is 19.6 Å². The van der Waals surface area contributed by atoms with Gasteiger partial charge in [0.25, 0.3) is 0 Å². The summed E-state index contributed by atoms with van der Waals surface area (Å²) in [5.74, 6) is -0.365. The largest absolute Gasteiger partial charge is 0.465 e. The van der Waals surface area contributed by atoms with E-state index in [0.717, 1.165) is 12.8 Å². The molecule has 0 aromatic heterocycles. The first-order valence-electron chi connectivity index (χ1n) is 6.65. The van der Waals surface area contributed by atoms with E-state index in [4.69, 9.17) is 10.5 Å². The van der Waals surface area contributed by atoms with E-state index in [-0.39, 0.29) is 24.5 Å². The normalized spacial score (nSPS) is 18.0. The Labute approximate surface area is 109 Å². The summed E-state index contributed by atoms with van der Waals surface area (Å²) in [6, 6.07) is 0.194. The van der Waals surface area contributed by atoms with Crippen LogP contribution in [-0.4, -0.2) is 42.5 Å². The van der Waals surface area contributed by atoms with Crippen molar-refractivity contribution < 1.29 is 14.3 Å². The molecule has 0 spiro atoms. The molecule has 104 valence electrons. The average molecular weight is 256 g/mol. The highest BCUT2D eigenvalue weighted by Crippen LogP contribution is 2.32. The molecule has 1 rings (SSSR count). The number of nitrogens with zero attached hydrogens (tertiary/aromatic N) is 1. The summed E-state index contributed by atoms with van der Waals surface area (Å²) in [4.78, 5) is 25.7. The van der Waals surface area contributed by atoms with Crippen LogP contribution in [-0.2, 0) is 14.3 Å². The summed E-state index contributed by atoms with van der Waals surface area (Å²) in [5, 5.41) is 0. The molecule has 5 heteroatoms. The van der Waals surface area contributed by atoms with Gasteiger partial charge < -0.3 is 15.4 Å². The molecule has 1 aliphatic rings. The predicted molar refractivity (Wildman–Crippen MR) is 68.8 cm³/mol. The van der Waals surface area contributed by atoms with Gasteiger partial charge in [-0.2, -0.15) is 0 Å². The zero-order valence-electron chi connectivity index (χ0n) is 11.6. The maximum absolute atomic E-state index is 12.5. The molecular formula is C13H24N2O3. The number of ether oxygens (including phenoxy) is 1. The number of nitrogens with two attached hydrogens (primary N) is 1. The fourth-order valence-electron chi connectivity index (χ4n) is 1.83. The topological polar surface area (TPSA) is 72.6 Å². The van der Waals surface area contributed by atoms with Crippen molar-refractivity contribution in [2.45, 2.75) is 46.1 Å². The fraction of sp³-hybridized carbons (Fsp3) is 0.846. The first kappa shape index (κ1) is 15.0. The molecule has 1 fully saturated rings. The van der Waals surface area contributed by atoms with Gasteiger partial charge >= 0.3 is 5.97 Å². The molecule has 0 bridgehead atoms. The average Bonchev–Trinajstić information content (AvgIpc) is 3.18. The van der Waals surface area contributed by atoms with Gasteiger partial charge in [-0.25, -0.2) is 0 Å². The minimum absolute atomic E-state index is 0.0250. The Balaban J connectivity index is 2.72. The number of hydrogen-bond donors (Lipinski definition) is 1. The zero-order valence-corrected chi connectivity index (χ0v) is 11.6. The minimum atomic E-state index is -0.574. The molecular weight excluding hydrogens is 232 g/mol. The van der Waals surface area contributed by atoms with Crippen LogP contribution in [0.5, 0.6) is 0 Å². The van der Waals surface area contributed by atoms with Gasteiger partial charge in [-0.05, 0) is 33.1 Å². The van der Waals surface area contributed by atoms with Gasteiger partial charge in [0.05, 0.1) is 12.0 Å². The molecule has 1 atom stereocenters. The van der Waals surface area contributed by atoms with Gasteiger partial charge in [-0.1, -0.05) is 6.92 Å². The van der Waals surface area contributed by atoms with Gasteiger partial charge in [0.1, 0.15) is 6.54 Å². The SMILES string of the molecule is CCOC(=O)CN(C(=O)C(C)(CC)CN)C1CC1. The van der Waals surface area contributed by atoms with Crippen molar-refractivity contribution in [2.75, 3.05) is 19.7 Å². The first-order chi connectivity index (χ1) is 8.48. The van der Waals surface area contributed by atoms with Crippen LogP contribution in [0.25, 0.3) is 0 Å².